The lowest BCUT2D eigenvalue weighted by molar-refractivity contribution is -0.152. The summed E-state index contributed by atoms with van der Waals surface area (Å²) < 4.78 is 43.3. The standard InChI is InChI=1S/C28H30BrClFN5O4S/c1-26(2,3)35-15-28(16-35,23-20(31)10-17(29)12-33-23)25(38)36-13-18(41(39,40)22-7-5-4-6-19(22)30)11-21(36)24(37)34-27(14-32)8-9-27/h4-7,10,12,18,21H,8-9,11,13,15-16H2,1-3H3,(H,34,37)/t18-,21+/m1/s1. The number of nitriles is 1. The van der Waals surface area contributed by atoms with Gasteiger partial charge in [0.25, 0.3) is 0 Å². The van der Waals surface area contributed by atoms with Crippen LogP contribution in [0.5, 0.6) is 0 Å². The van der Waals surface area contributed by atoms with Gasteiger partial charge in [-0.1, -0.05) is 23.7 Å². The first-order valence-corrected chi connectivity index (χ1v) is 15.9. The number of rotatable bonds is 6. The van der Waals surface area contributed by atoms with Crippen molar-refractivity contribution in [2.45, 2.75) is 72.7 Å². The first-order chi connectivity index (χ1) is 19.1. The van der Waals surface area contributed by atoms with E-state index in [1.54, 1.807) is 12.1 Å². The highest BCUT2D eigenvalue weighted by Crippen LogP contribution is 2.43. The monoisotopic (exact) mass is 665 g/mol. The van der Waals surface area contributed by atoms with E-state index in [-0.39, 0.29) is 47.2 Å². The van der Waals surface area contributed by atoms with Crippen molar-refractivity contribution in [1.29, 1.82) is 5.26 Å². The Kier molecular flexibility index (Phi) is 7.50. The first-order valence-electron chi connectivity index (χ1n) is 13.2. The Hall–Kier alpha value is -2.59. The van der Waals surface area contributed by atoms with E-state index in [2.05, 4.69) is 32.3 Å². The molecule has 9 nitrogen and oxygen atoms in total. The van der Waals surface area contributed by atoms with Gasteiger partial charge in [0, 0.05) is 35.8 Å². The number of nitrogens with one attached hydrogen (secondary N) is 1. The van der Waals surface area contributed by atoms with Crippen LogP contribution in [0.2, 0.25) is 5.02 Å². The SMILES string of the molecule is CC(C)(C)N1CC(C(=O)N2C[C@H](S(=O)(=O)c3ccccc3Cl)C[C@H]2C(=O)NC2(C#N)CC2)(c2ncc(Br)cc2F)C1. The number of aromatic nitrogens is 1. The minimum Gasteiger partial charge on any atom is -0.336 e. The van der Waals surface area contributed by atoms with E-state index in [0.717, 1.165) is 0 Å². The van der Waals surface area contributed by atoms with E-state index < -0.39 is 49.7 Å². The molecule has 0 radical (unpaired) electrons. The smallest absolute Gasteiger partial charge is 0.244 e. The number of halogens is 3. The third-order valence-electron chi connectivity index (χ3n) is 8.28. The van der Waals surface area contributed by atoms with Crippen molar-refractivity contribution in [2.24, 2.45) is 0 Å². The quantitative estimate of drug-likeness (QED) is 0.500. The molecule has 0 unspecified atom stereocenters. The van der Waals surface area contributed by atoms with Gasteiger partial charge in [-0.05, 0) is 74.2 Å². The van der Waals surface area contributed by atoms with Crippen LogP contribution in [0.4, 0.5) is 4.39 Å². The van der Waals surface area contributed by atoms with E-state index >= 15 is 4.39 Å². The molecule has 3 heterocycles. The van der Waals surface area contributed by atoms with Crippen molar-refractivity contribution < 1.29 is 22.4 Å². The van der Waals surface area contributed by atoms with Crippen LogP contribution in [-0.2, 0) is 24.8 Å². The number of hydrogen-bond acceptors (Lipinski definition) is 7. The van der Waals surface area contributed by atoms with Crippen molar-refractivity contribution in [3.63, 3.8) is 0 Å². The molecule has 41 heavy (non-hydrogen) atoms. The second-order valence-corrected chi connectivity index (χ2v) is 15.6. The minimum atomic E-state index is -4.06. The zero-order valence-corrected chi connectivity index (χ0v) is 26.0. The molecule has 0 bridgehead atoms. The third-order valence-corrected chi connectivity index (χ3v) is 11.3. The van der Waals surface area contributed by atoms with Gasteiger partial charge >= 0.3 is 0 Å². The Morgan fingerprint density at radius 2 is 1.90 bits per heavy atom. The number of pyridine rings is 1. The van der Waals surface area contributed by atoms with E-state index in [1.807, 2.05) is 25.7 Å². The van der Waals surface area contributed by atoms with Crippen LogP contribution in [-0.4, -0.2) is 77.0 Å². The van der Waals surface area contributed by atoms with Crippen LogP contribution < -0.4 is 5.32 Å². The number of hydrogen-bond donors (Lipinski definition) is 1. The van der Waals surface area contributed by atoms with Gasteiger partial charge in [-0.2, -0.15) is 5.26 Å². The van der Waals surface area contributed by atoms with Crippen molar-refractivity contribution in [2.75, 3.05) is 19.6 Å². The summed E-state index contributed by atoms with van der Waals surface area (Å²) in [7, 11) is -4.06. The average molecular weight is 667 g/mol. The second-order valence-electron chi connectivity index (χ2n) is 12.1. The van der Waals surface area contributed by atoms with E-state index in [1.165, 1.54) is 29.3 Å². The molecule has 1 N–H and O–H groups in total. The van der Waals surface area contributed by atoms with Crippen LogP contribution in [0, 0.1) is 17.1 Å². The average Bonchev–Trinajstić information content (AvgIpc) is 3.48. The van der Waals surface area contributed by atoms with Gasteiger partial charge in [-0.25, -0.2) is 12.8 Å². The van der Waals surface area contributed by atoms with Crippen molar-refractivity contribution in [3.05, 3.63) is 57.5 Å². The molecular formula is C28H30BrClFN5O4S. The second kappa shape index (κ2) is 10.3. The number of sulfone groups is 1. The van der Waals surface area contributed by atoms with Gasteiger partial charge in [0.15, 0.2) is 9.84 Å². The van der Waals surface area contributed by atoms with Crippen molar-refractivity contribution in [1.82, 2.24) is 20.1 Å². The lowest BCUT2D eigenvalue weighted by atomic mass is 9.72. The molecule has 2 saturated heterocycles. The zero-order valence-electron chi connectivity index (χ0n) is 22.8. The minimum absolute atomic E-state index is 0.0390. The summed E-state index contributed by atoms with van der Waals surface area (Å²) in [5.74, 6) is -1.87. The number of carbonyl (C=O) groups is 2. The van der Waals surface area contributed by atoms with E-state index in [4.69, 9.17) is 11.6 Å². The maximum absolute atomic E-state index is 15.4. The summed E-state index contributed by atoms with van der Waals surface area (Å²) in [6.07, 6.45) is 2.16. The van der Waals surface area contributed by atoms with Gasteiger partial charge in [-0.3, -0.25) is 19.5 Å². The normalized spacial score (nSPS) is 23.4. The Balaban J connectivity index is 1.55. The lowest BCUT2D eigenvalue weighted by Gasteiger charge is -2.55. The molecule has 1 saturated carbocycles. The molecule has 2 amide bonds. The largest absolute Gasteiger partial charge is 0.336 e. The van der Waals surface area contributed by atoms with Crippen LogP contribution in [0.25, 0.3) is 0 Å². The molecule has 218 valence electrons. The fraction of sp³-hybridized carbons (Fsp3) is 0.500. The van der Waals surface area contributed by atoms with Crippen LogP contribution in [0.15, 0.2) is 45.9 Å². The van der Waals surface area contributed by atoms with Gasteiger partial charge in [0.05, 0.1) is 26.9 Å². The van der Waals surface area contributed by atoms with Crippen LogP contribution in [0.3, 0.4) is 0 Å². The summed E-state index contributed by atoms with van der Waals surface area (Å²) in [4.78, 5) is 35.5. The van der Waals surface area contributed by atoms with Gasteiger partial charge in [0.1, 0.15) is 22.8 Å². The number of benzene rings is 1. The molecule has 0 spiro atoms. The molecule has 2 aromatic rings. The molecule has 1 aromatic heterocycles. The fourth-order valence-corrected chi connectivity index (χ4v) is 8.09. The molecule has 1 aliphatic carbocycles. The van der Waals surface area contributed by atoms with Crippen LogP contribution >= 0.6 is 27.5 Å². The van der Waals surface area contributed by atoms with E-state index in [9.17, 15) is 23.3 Å². The first kappa shape index (κ1) is 29.9. The van der Waals surface area contributed by atoms with Crippen molar-refractivity contribution in [3.8, 4) is 6.07 Å². The van der Waals surface area contributed by atoms with Gasteiger partial charge < -0.3 is 10.2 Å². The summed E-state index contributed by atoms with van der Waals surface area (Å²) >= 11 is 9.45. The summed E-state index contributed by atoms with van der Waals surface area (Å²) in [5.41, 5.74) is -2.86. The maximum Gasteiger partial charge on any atom is 0.244 e. The number of carbonyl (C=O) groups excluding carboxylic acids is 2. The predicted molar refractivity (Wildman–Crippen MR) is 153 cm³/mol. The highest BCUT2D eigenvalue weighted by Gasteiger charge is 2.60. The Morgan fingerprint density at radius 1 is 1.24 bits per heavy atom. The predicted octanol–water partition coefficient (Wildman–Crippen LogP) is 3.60. The highest BCUT2D eigenvalue weighted by molar-refractivity contribution is 9.10. The number of amides is 2. The Bertz CT molecular complexity index is 1560. The highest BCUT2D eigenvalue weighted by atomic mass is 79.9. The molecule has 2 atom stereocenters. The number of nitrogens with zero attached hydrogens (tertiary/aromatic N) is 4. The molecule has 3 fully saturated rings. The fourth-order valence-electron chi connectivity index (χ4n) is 5.57. The molecule has 13 heteroatoms. The topological polar surface area (TPSA) is 123 Å². The molecule has 2 aliphatic heterocycles. The summed E-state index contributed by atoms with van der Waals surface area (Å²) in [6, 6.07) is 8.17. The number of likely N-dealkylation sites (tertiary alicyclic amines) is 2. The van der Waals surface area contributed by atoms with Crippen molar-refractivity contribution >= 4 is 49.2 Å². The van der Waals surface area contributed by atoms with Gasteiger partial charge in [0.2, 0.25) is 11.8 Å². The Morgan fingerprint density at radius 3 is 2.46 bits per heavy atom. The molecule has 5 rings (SSSR count). The maximum atomic E-state index is 15.4. The Labute approximate surface area is 252 Å². The zero-order chi connectivity index (χ0) is 30.0. The van der Waals surface area contributed by atoms with Crippen LogP contribution in [0.1, 0.15) is 45.7 Å². The molecule has 3 aliphatic rings. The van der Waals surface area contributed by atoms with Gasteiger partial charge in [-0.15, -0.1) is 0 Å². The third kappa shape index (κ3) is 5.26. The molecular weight excluding hydrogens is 637 g/mol. The molecule has 1 aromatic carbocycles. The van der Waals surface area contributed by atoms with E-state index in [0.29, 0.717) is 17.3 Å². The summed E-state index contributed by atoms with van der Waals surface area (Å²) in [6.45, 7) is 5.90. The lowest BCUT2D eigenvalue weighted by Crippen LogP contribution is -2.71. The summed E-state index contributed by atoms with van der Waals surface area (Å²) in [5, 5.41) is 11.2.